The van der Waals surface area contributed by atoms with Gasteiger partial charge in [0.1, 0.15) is 10.9 Å². The van der Waals surface area contributed by atoms with Gasteiger partial charge in [-0.3, -0.25) is 0 Å². The summed E-state index contributed by atoms with van der Waals surface area (Å²) in [6, 6.07) is 11.3. The van der Waals surface area contributed by atoms with Crippen LogP contribution in [-0.2, 0) is 0 Å². The van der Waals surface area contributed by atoms with Crippen LogP contribution in [0.25, 0.3) is 10.9 Å². The minimum absolute atomic E-state index is 0.390. The molecule has 0 atom stereocenters. The van der Waals surface area contributed by atoms with Crippen molar-refractivity contribution in [2.24, 2.45) is 0 Å². The van der Waals surface area contributed by atoms with E-state index >= 15 is 0 Å². The Balaban J connectivity index is 1.76. The number of benzene rings is 1. The van der Waals surface area contributed by atoms with Crippen molar-refractivity contribution in [2.75, 3.05) is 38.1 Å². The second-order valence-corrected chi connectivity index (χ2v) is 6.45. The van der Waals surface area contributed by atoms with Crippen LogP contribution in [0.2, 0.25) is 5.15 Å². The summed E-state index contributed by atoms with van der Waals surface area (Å²) in [7, 11) is 2.12. The second-order valence-electron chi connectivity index (χ2n) is 6.06. The molecule has 0 amide bonds. The lowest BCUT2D eigenvalue weighted by atomic mass is 10.3. The Morgan fingerprint density at radius 1 is 1.04 bits per heavy atom. The van der Waals surface area contributed by atoms with Gasteiger partial charge in [0.15, 0.2) is 0 Å². The van der Waals surface area contributed by atoms with Crippen molar-refractivity contribution in [3.05, 3.63) is 47.7 Å². The maximum Gasteiger partial charge on any atom is 0.232 e. The van der Waals surface area contributed by atoms with Crippen LogP contribution in [-0.4, -0.2) is 53.1 Å². The minimum Gasteiger partial charge on any atom is -0.438 e. The quantitative estimate of drug-likeness (QED) is 0.672. The van der Waals surface area contributed by atoms with Crippen molar-refractivity contribution < 1.29 is 4.74 Å². The number of rotatable bonds is 3. The van der Waals surface area contributed by atoms with E-state index in [1.807, 2.05) is 30.3 Å². The molecule has 1 aliphatic rings. The first-order valence-electron chi connectivity index (χ1n) is 8.19. The fourth-order valence-electron chi connectivity index (χ4n) is 2.79. The SMILES string of the molecule is CN1CCN(c2nc(Oc3ccccc3)c3cc(Cl)ncc3n2)CC1. The van der Waals surface area contributed by atoms with Gasteiger partial charge in [-0.05, 0) is 25.2 Å². The number of para-hydroxylation sites is 1. The van der Waals surface area contributed by atoms with Crippen LogP contribution in [0.4, 0.5) is 5.95 Å². The van der Waals surface area contributed by atoms with Crippen molar-refractivity contribution >= 4 is 28.5 Å². The standard InChI is InChI=1S/C18H18ClN5O/c1-23-7-9-24(10-8-23)18-21-15-12-20-16(19)11-14(15)17(22-18)25-13-5-3-2-4-6-13/h2-6,11-12H,7-10H2,1H3. The summed E-state index contributed by atoms with van der Waals surface area (Å²) >= 11 is 6.06. The van der Waals surface area contributed by atoms with Crippen molar-refractivity contribution in [3.63, 3.8) is 0 Å². The Labute approximate surface area is 151 Å². The van der Waals surface area contributed by atoms with Crippen LogP contribution in [0.5, 0.6) is 11.6 Å². The monoisotopic (exact) mass is 355 g/mol. The maximum atomic E-state index is 6.06. The second kappa shape index (κ2) is 6.82. The lowest BCUT2D eigenvalue weighted by Crippen LogP contribution is -2.45. The number of halogens is 1. The van der Waals surface area contributed by atoms with Crippen LogP contribution in [0.3, 0.4) is 0 Å². The number of pyridine rings is 1. The Morgan fingerprint density at radius 2 is 1.80 bits per heavy atom. The van der Waals surface area contributed by atoms with Crippen molar-refractivity contribution in [2.45, 2.75) is 0 Å². The van der Waals surface area contributed by atoms with Gasteiger partial charge in [-0.2, -0.15) is 4.98 Å². The molecule has 128 valence electrons. The topological polar surface area (TPSA) is 54.4 Å². The zero-order valence-electron chi connectivity index (χ0n) is 13.9. The highest BCUT2D eigenvalue weighted by molar-refractivity contribution is 6.30. The fourth-order valence-corrected chi connectivity index (χ4v) is 2.95. The fraction of sp³-hybridized carbons (Fsp3) is 0.278. The van der Waals surface area contributed by atoms with Crippen LogP contribution in [0, 0.1) is 0 Å². The molecule has 3 aromatic rings. The number of fused-ring (bicyclic) bond motifs is 1. The predicted molar refractivity (Wildman–Crippen MR) is 98.6 cm³/mol. The lowest BCUT2D eigenvalue weighted by Gasteiger charge is -2.32. The molecule has 3 heterocycles. The van der Waals surface area contributed by atoms with Crippen LogP contribution in [0.1, 0.15) is 0 Å². The van der Waals surface area contributed by atoms with Gasteiger partial charge >= 0.3 is 0 Å². The summed E-state index contributed by atoms with van der Waals surface area (Å²) in [6.07, 6.45) is 1.66. The highest BCUT2D eigenvalue weighted by atomic mass is 35.5. The number of ether oxygens (including phenoxy) is 1. The molecule has 25 heavy (non-hydrogen) atoms. The largest absolute Gasteiger partial charge is 0.438 e. The number of nitrogens with zero attached hydrogens (tertiary/aromatic N) is 5. The van der Waals surface area contributed by atoms with Crippen LogP contribution >= 0.6 is 11.6 Å². The lowest BCUT2D eigenvalue weighted by molar-refractivity contribution is 0.311. The summed E-state index contributed by atoms with van der Waals surface area (Å²) in [5.41, 5.74) is 0.722. The molecule has 4 rings (SSSR count). The smallest absolute Gasteiger partial charge is 0.232 e. The van der Waals surface area contributed by atoms with E-state index in [9.17, 15) is 0 Å². The maximum absolute atomic E-state index is 6.06. The molecule has 0 bridgehead atoms. The molecular formula is C18H18ClN5O. The zero-order chi connectivity index (χ0) is 17.2. The molecule has 0 aliphatic carbocycles. The Bertz CT molecular complexity index is 881. The Hall–Kier alpha value is -2.44. The van der Waals surface area contributed by atoms with E-state index in [2.05, 4.69) is 31.8 Å². The van der Waals surface area contributed by atoms with Crippen molar-refractivity contribution in [3.8, 4) is 11.6 Å². The molecule has 1 saturated heterocycles. The number of piperazine rings is 1. The summed E-state index contributed by atoms with van der Waals surface area (Å²) in [4.78, 5) is 17.9. The highest BCUT2D eigenvalue weighted by Crippen LogP contribution is 2.30. The molecule has 0 radical (unpaired) electrons. The van der Waals surface area contributed by atoms with E-state index in [1.54, 1.807) is 12.3 Å². The zero-order valence-corrected chi connectivity index (χ0v) is 14.6. The van der Waals surface area contributed by atoms with E-state index < -0.39 is 0 Å². The van der Waals surface area contributed by atoms with Gasteiger partial charge in [-0.1, -0.05) is 29.8 Å². The molecule has 0 saturated carbocycles. The molecule has 0 N–H and O–H groups in total. The molecule has 0 unspecified atom stereocenters. The van der Waals surface area contributed by atoms with Crippen LogP contribution < -0.4 is 9.64 Å². The minimum atomic E-state index is 0.390. The van der Waals surface area contributed by atoms with Gasteiger partial charge in [-0.15, -0.1) is 0 Å². The number of hydrogen-bond donors (Lipinski definition) is 0. The normalized spacial score (nSPS) is 15.5. The van der Waals surface area contributed by atoms with Gasteiger partial charge in [0, 0.05) is 26.2 Å². The molecule has 6 nitrogen and oxygen atoms in total. The number of aromatic nitrogens is 3. The van der Waals surface area contributed by atoms with Crippen molar-refractivity contribution in [1.82, 2.24) is 19.9 Å². The molecule has 0 spiro atoms. The Kier molecular flexibility index (Phi) is 4.38. The number of anilines is 1. The molecule has 1 aromatic carbocycles. The number of hydrogen-bond acceptors (Lipinski definition) is 6. The highest BCUT2D eigenvalue weighted by Gasteiger charge is 2.19. The predicted octanol–water partition coefficient (Wildman–Crippen LogP) is 3.22. The van der Waals surface area contributed by atoms with Gasteiger partial charge < -0.3 is 14.5 Å². The van der Waals surface area contributed by atoms with Gasteiger partial charge in [0.05, 0.1) is 17.1 Å². The summed E-state index contributed by atoms with van der Waals surface area (Å²) in [5.74, 6) is 1.88. The Morgan fingerprint density at radius 3 is 2.56 bits per heavy atom. The summed E-state index contributed by atoms with van der Waals surface area (Å²) < 4.78 is 6.02. The summed E-state index contributed by atoms with van der Waals surface area (Å²) in [5, 5.41) is 1.14. The first-order chi connectivity index (χ1) is 12.2. The van der Waals surface area contributed by atoms with E-state index in [0.29, 0.717) is 17.0 Å². The average Bonchev–Trinajstić information content (AvgIpc) is 2.63. The third-order valence-corrected chi connectivity index (χ3v) is 4.45. The van der Waals surface area contributed by atoms with E-state index in [-0.39, 0.29) is 0 Å². The summed E-state index contributed by atoms with van der Waals surface area (Å²) in [6.45, 7) is 3.73. The molecule has 7 heteroatoms. The third kappa shape index (κ3) is 3.50. The van der Waals surface area contributed by atoms with E-state index in [1.165, 1.54) is 0 Å². The molecule has 2 aromatic heterocycles. The number of likely N-dealkylation sites (N-methyl/N-ethyl adjacent to an activating group) is 1. The first-order valence-corrected chi connectivity index (χ1v) is 8.56. The average molecular weight is 356 g/mol. The molecular weight excluding hydrogens is 338 g/mol. The van der Waals surface area contributed by atoms with Gasteiger partial charge in [0.2, 0.25) is 11.8 Å². The molecule has 1 aliphatic heterocycles. The van der Waals surface area contributed by atoms with Gasteiger partial charge in [-0.25, -0.2) is 9.97 Å². The third-order valence-electron chi connectivity index (χ3n) is 4.25. The van der Waals surface area contributed by atoms with E-state index in [0.717, 1.165) is 42.8 Å². The van der Waals surface area contributed by atoms with Crippen molar-refractivity contribution in [1.29, 1.82) is 0 Å². The first kappa shape index (κ1) is 16.1. The van der Waals surface area contributed by atoms with E-state index in [4.69, 9.17) is 16.3 Å². The van der Waals surface area contributed by atoms with Gasteiger partial charge in [0.25, 0.3) is 0 Å². The van der Waals surface area contributed by atoms with Crippen LogP contribution in [0.15, 0.2) is 42.6 Å². The molecule has 1 fully saturated rings.